The maximum absolute atomic E-state index is 15.1. The second-order valence-corrected chi connectivity index (χ2v) is 13.9. The van der Waals surface area contributed by atoms with Gasteiger partial charge >= 0.3 is 0 Å². The van der Waals surface area contributed by atoms with Crippen LogP contribution in [0.2, 0.25) is 0 Å². The number of carbonyl (C=O) groups excluding carboxylic acids is 2. The molecule has 5 aromatic carbocycles. The van der Waals surface area contributed by atoms with Crippen molar-refractivity contribution in [3.8, 4) is 0 Å². The average Bonchev–Trinajstić information content (AvgIpc) is 3.77. The molecule has 2 amide bonds. The van der Waals surface area contributed by atoms with Gasteiger partial charge < -0.3 is 9.32 Å². The molecule has 2 aliphatic rings. The molecule has 0 saturated carbocycles. The number of fused-ring (bicyclic) bond motifs is 6. The summed E-state index contributed by atoms with van der Waals surface area (Å²) in [5.41, 5.74) is -0.0879. The van der Waals surface area contributed by atoms with Gasteiger partial charge in [-0.05, 0) is 40.6 Å². The van der Waals surface area contributed by atoms with E-state index in [4.69, 9.17) is 4.42 Å². The third kappa shape index (κ3) is 4.32. The highest BCUT2D eigenvalue weighted by Crippen LogP contribution is 2.55. The van der Waals surface area contributed by atoms with Gasteiger partial charge in [0.2, 0.25) is 10.9 Å². The molecule has 0 radical (unpaired) electrons. The molecule has 0 saturated heterocycles. The molecule has 0 fully saturated rings. The van der Waals surface area contributed by atoms with Crippen molar-refractivity contribution in [1.82, 2.24) is 10.2 Å². The topological polar surface area (TPSA) is 96.6 Å². The predicted molar refractivity (Wildman–Crippen MR) is 188 cm³/mol. The number of rotatable bonds is 6. The molecule has 1 spiro atoms. The first-order valence-corrected chi connectivity index (χ1v) is 17.3. The van der Waals surface area contributed by atoms with E-state index < -0.39 is 28.6 Å². The number of para-hydroxylation sites is 2. The van der Waals surface area contributed by atoms with E-state index in [0.29, 0.717) is 21.3 Å². The van der Waals surface area contributed by atoms with Crippen molar-refractivity contribution in [2.45, 2.75) is 22.2 Å². The molecule has 1 unspecified atom stereocenters. The normalized spacial score (nSPS) is 16.7. The summed E-state index contributed by atoms with van der Waals surface area (Å²) in [6.45, 7) is -0.122. The van der Waals surface area contributed by atoms with Crippen LogP contribution in [0, 0.1) is 5.82 Å². The van der Waals surface area contributed by atoms with Crippen LogP contribution in [0.25, 0.3) is 21.7 Å². The Labute approximate surface area is 286 Å². The number of carbonyl (C=O) groups is 2. The van der Waals surface area contributed by atoms with Gasteiger partial charge in [-0.15, -0.1) is 10.2 Å². The minimum Gasteiger partial charge on any atom is -0.450 e. The van der Waals surface area contributed by atoms with E-state index in [9.17, 15) is 14.0 Å². The number of hydrogen-bond donors (Lipinski definition) is 0. The third-order valence-corrected chi connectivity index (χ3v) is 11.2. The van der Waals surface area contributed by atoms with Crippen LogP contribution in [-0.4, -0.2) is 22.0 Å². The summed E-state index contributed by atoms with van der Waals surface area (Å²) in [5.74, 6) is -1.39. The van der Waals surface area contributed by atoms with Crippen LogP contribution in [0.3, 0.4) is 0 Å². The van der Waals surface area contributed by atoms with E-state index in [-0.39, 0.29) is 39.5 Å². The Morgan fingerprint density at radius 1 is 0.776 bits per heavy atom. The van der Waals surface area contributed by atoms with Gasteiger partial charge in [0.1, 0.15) is 11.4 Å². The van der Waals surface area contributed by atoms with E-state index in [1.165, 1.54) is 27.6 Å². The standard InChI is InChI=1S/C38H23FN4O4S2/c39-28-17-6-2-11-23(28)20-42-29-18-7-5-16-27(29)38(35(42)46)31-32(44)26-15-4-8-19-30(26)47-33(31)34(45)43(38)36-40-41-37(49-36)48-21-24-13-9-12-22-10-1-3-14-25(22)24/h1-19H,20-21H2. The van der Waals surface area contributed by atoms with Gasteiger partial charge in [0.05, 0.1) is 23.2 Å². The van der Waals surface area contributed by atoms with Crippen LogP contribution in [-0.2, 0) is 22.6 Å². The van der Waals surface area contributed by atoms with Crippen LogP contribution < -0.4 is 15.2 Å². The number of benzene rings is 5. The van der Waals surface area contributed by atoms with Crippen molar-refractivity contribution in [3.63, 3.8) is 0 Å². The highest BCUT2D eigenvalue weighted by atomic mass is 32.2. The number of thioether (sulfide) groups is 1. The quantitative estimate of drug-likeness (QED) is 0.131. The van der Waals surface area contributed by atoms with Crippen molar-refractivity contribution in [3.05, 3.63) is 159 Å². The van der Waals surface area contributed by atoms with Gasteiger partial charge in [0, 0.05) is 16.9 Å². The molecule has 2 aliphatic heterocycles. The van der Waals surface area contributed by atoms with Crippen LogP contribution in [0.1, 0.15) is 32.8 Å². The Morgan fingerprint density at radius 2 is 1.49 bits per heavy atom. The van der Waals surface area contributed by atoms with E-state index >= 15 is 4.79 Å². The lowest BCUT2D eigenvalue weighted by Gasteiger charge is -2.32. The fourth-order valence-electron chi connectivity index (χ4n) is 6.97. The van der Waals surface area contributed by atoms with Crippen LogP contribution in [0.5, 0.6) is 0 Å². The van der Waals surface area contributed by atoms with Gasteiger partial charge in [0.15, 0.2) is 15.3 Å². The average molecular weight is 683 g/mol. The molecule has 8 nitrogen and oxygen atoms in total. The Balaban J connectivity index is 1.20. The molecule has 7 aromatic rings. The summed E-state index contributed by atoms with van der Waals surface area (Å²) in [4.78, 5) is 46.8. The smallest absolute Gasteiger partial charge is 0.297 e. The lowest BCUT2D eigenvalue weighted by Crippen LogP contribution is -2.53. The first kappa shape index (κ1) is 29.5. The monoisotopic (exact) mass is 682 g/mol. The summed E-state index contributed by atoms with van der Waals surface area (Å²) in [6.07, 6.45) is 0. The van der Waals surface area contributed by atoms with Crippen molar-refractivity contribution in [2.75, 3.05) is 9.80 Å². The summed E-state index contributed by atoms with van der Waals surface area (Å²) in [7, 11) is 0. The molecule has 9 rings (SSSR count). The highest BCUT2D eigenvalue weighted by molar-refractivity contribution is 8.00. The van der Waals surface area contributed by atoms with Gasteiger partial charge in [0.25, 0.3) is 11.8 Å². The molecule has 11 heteroatoms. The van der Waals surface area contributed by atoms with Gasteiger partial charge in [-0.3, -0.25) is 19.3 Å². The van der Waals surface area contributed by atoms with E-state index in [1.807, 2.05) is 18.2 Å². The molecule has 0 N–H and O–H groups in total. The lowest BCUT2D eigenvalue weighted by atomic mass is 9.84. The zero-order chi connectivity index (χ0) is 33.3. The third-order valence-electron chi connectivity index (χ3n) is 9.14. The second kappa shape index (κ2) is 11.2. The summed E-state index contributed by atoms with van der Waals surface area (Å²) in [5, 5.41) is 11.5. The predicted octanol–water partition coefficient (Wildman–Crippen LogP) is 7.68. The zero-order valence-corrected chi connectivity index (χ0v) is 27.1. The van der Waals surface area contributed by atoms with Crippen molar-refractivity contribution >= 4 is 67.5 Å². The highest BCUT2D eigenvalue weighted by Gasteiger charge is 2.66. The molecular formula is C38H23FN4O4S2. The Morgan fingerprint density at radius 3 is 2.37 bits per heavy atom. The molecule has 4 heterocycles. The van der Waals surface area contributed by atoms with Crippen molar-refractivity contribution < 1.29 is 18.4 Å². The Kier molecular flexibility index (Phi) is 6.75. The van der Waals surface area contributed by atoms with Crippen LogP contribution >= 0.6 is 23.1 Å². The van der Waals surface area contributed by atoms with Gasteiger partial charge in [-0.1, -0.05) is 114 Å². The molecular weight excluding hydrogens is 660 g/mol. The number of aromatic nitrogens is 2. The molecule has 2 aromatic heterocycles. The Hall–Kier alpha value is -5.65. The van der Waals surface area contributed by atoms with E-state index in [2.05, 4.69) is 34.5 Å². The largest absolute Gasteiger partial charge is 0.450 e. The fraction of sp³-hybridized carbons (Fsp3) is 0.0789. The van der Waals surface area contributed by atoms with Gasteiger partial charge in [-0.2, -0.15) is 0 Å². The number of halogens is 1. The molecule has 1 atom stereocenters. The SMILES string of the molecule is O=C1c2oc3ccccc3c(=O)c2C2(C(=O)N(Cc3ccccc3F)c3ccccc32)N1c1nnc(SCc2cccc3ccccc23)s1. The minimum absolute atomic E-state index is 0.0927. The number of nitrogens with zero attached hydrogens (tertiary/aromatic N) is 4. The van der Waals surface area contributed by atoms with Crippen LogP contribution in [0.15, 0.2) is 129 Å². The number of anilines is 2. The number of amides is 2. The maximum atomic E-state index is 15.1. The van der Waals surface area contributed by atoms with Crippen LogP contribution in [0.4, 0.5) is 15.2 Å². The van der Waals surface area contributed by atoms with E-state index in [1.54, 1.807) is 66.7 Å². The molecule has 49 heavy (non-hydrogen) atoms. The lowest BCUT2D eigenvalue weighted by molar-refractivity contribution is -0.121. The van der Waals surface area contributed by atoms with Crippen molar-refractivity contribution in [1.29, 1.82) is 0 Å². The number of hydrogen-bond acceptors (Lipinski definition) is 8. The molecule has 0 bridgehead atoms. The molecule has 0 aliphatic carbocycles. The Bertz CT molecular complexity index is 2560. The van der Waals surface area contributed by atoms with Gasteiger partial charge in [-0.25, -0.2) is 4.39 Å². The first-order chi connectivity index (χ1) is 24.0. The first-order valence-electron chi connectivity index (χ1n) is 15.5. The zero-order valence-electron chi connectivity index (χ0n) is 25.5. The minimum atomic E-state index is -1.96. The summed E-state index contributed by atoms with van der Waals surface area (Å²) in [6, 6.07) is 34.1. The second-order valence-electron chi connectivity index (χ2n) is 11.8. The molecule has 238 valence electrons. The fourth-order valence-corrected chi connectivity index (χ4v) is 8.87. The summed E-state index contributed by atoms with van der Waals surface area (Å²) >= 11 is 2.62. The van der Waals surface area contributed by atoms with Crippen molar-refractivity contribution in [2.24, 2.45) is 0 Å². The van der Waals surface area contributed by atoms with E-state index in [0.717, 1.165) is 27.7 Å². The summed E-state index contributed by atoms with van der Waals surface area (Å²) < 4.78 is 21.7. The maximum Gasteiger partial charge on any atom is 0.297 e.